The minimum absolute atomic E-state index is 0.220. The van der Waals surface area contributed by atoms with Crippen LogP contribution in [-0.4, -0.2) is 24.7 Å². The molecule has 0 unspecified atom stereocenters. The Morgan fingerprint density at radius 2 is 1.77 bits per heavy atom. The molecule has 0 aromatic carbocycles. The van der Waals surface area contributed by atoms with Gasteiger partial charge in [-0.15, -0.1) is 0 Å². The molecule has 5 rings (SSSR count). The molecular weight excluding hydrogens is 298 g/mol. The van der Waals surface area contributed by atoms with Crippen molar-refractivity contribution in [2.75, 3.05) is 6.54 Å². The molecule has 0 spiro atoms. The zero-order valence-electron chi connectivity index (χ0n) is 13.4. The second kappa shape index (κ2) is 4.81. The lowest BCUT2D eigenvalue weighted by molar-refractivity contribution is -0.0487. The number of aryl methyl sites for hydroxylation is 2. The third-order valence-electron chi connectivity index (χ3n) is 6.06. The standard InChI is InChI=1S/C16H25N3O2S/c1-11-15(9-19(2)18-11)22(20,21)17-10-16-6-12-3-13(7-16)5-14(4-12)8-16/h9,12-14,17H,3-8,10H2,1-2H3. The first-order valence-electron chi connectivity index (χ1n) is 8.35. The van der Waals surface area contributed by atoms with E-state index in [9.17, 15) is 8.42 Å². The quantitative estimate of drug-likeness (QED) is 0.924. The summed E-state index contributed by atoms with van der Waals surface area (Å²) >= 11 is 0. The van der Waals surface area contributed by atoms with Crippen molar-refractivity contribution in [3.05, 3.63) is 11.9 Å². The highest BCUT2D eigenvalue weighted by Gasteiger charge is 2.51. The average molecular weight is 323 g/mol. The second-order valence-electron chi connectivity index (χ2n) is 7.99. The van der Waals surface area contributed by atoms with Gasteiger partial charge in [0.2, 0.25) is 10.0 Å². The van der Waals surface area contributed by atoms with Gasteiger partial charge in [0.05, 0.1) is 5.69 Å². The molecule has 1 aromatic rings. The van der Waals surface area contributed by atoms with Gasteiger partial charge in [-0.3, -0.25) is 4.68 Å². The minimum atomic E-state index is -3.45. The van der Waals surface area contributed by atoms with E-state index in [-0.39, 0.29) is 5.41 Å². The fourth-order valence-electron chi connectivity index (χ4n) is 5.67. The molecule has 22 heavy (non-hydrogen) atoms. The largest absolute Gasteiger partial charge is 0.274 e. The third kappa shape index (κ3) is 2.40. The van der Waals surface area contributed by atoms with E-state index in [2.05, 4.69) is 9.82 Å². The van der Waals surface area contributed by atoms with Gasteiger partial charge in [0.25, 0.3) is 0 Å². The van der Waals surface area contributed by atoms with Gasteiger partial charge in [-0.05, 0) is 68.6 Å². The molecule has 4 bridgehead atoms. The summed E-state index contributed by atoms with van der Waals surface area (Å²) in [4.78, 5) is 0.319. The molecule has 122 valence electrons. The van der Waals surface area contributed by atoms with E-state index in [0.717, 1.165) is 17.8 Å². The van der Waals surface area contributed by atoms with Crippen molar-refractivity contribution in [1.29, 1.82) is 0 Å². The Labute approximate surface area is 132 Å². The summed E-state index contributed by atoms with van der Waals surface area (Å²) in [5.41, 5.74) is 0.790. The molecule has 5 nitrogen and oxygen atoms in total. The number of nitrogens with one attached hydrogen (secondary N) is 1. The smallest absolute Gasteiger partial charge is 0.243 e. The van der Waals surface area contributed by atoms with E-state index in [4.69, 9.17) is 0 Å². The Kier molecular flexibility index (Phi) is 3.21. The van der Waals surface area contributed by atoms with Crippen molar-refractivity contribution in [2.24, 2.45) is 30.2 Å². The lowest BCUT2D eigenvalue weighted by Crippen LogP contribution is -2.51. The SMILES string of the molecule is Cc1nn(C)cc1S(=O)(=O)NCC12CC3CC(CC(C3)C1)C2. The van der Waals surface area contributed by atoms with Crippen LogP contribution in [-0.2, 0) is 17.1 Å². The Hall–Kier alpha value is -0.880. The fourth-order valence-corrected chi connectivity index (χ4v) is 7.05. The van der Waals surface area contributed by atoms with Gasteiger partial charge < -0.3 is 0 Å². The molecular formula is C16H25N3O2S. The van der Waals surface area contributed by atoms with Crippen molar-refractivity contribution < 1.29 is 8.42 Å². The van der Waals surface area contributed by atoms with E-state index < -0.39 is 10.0 Å². The molecule has 1 aromatic heterocycles. The maximum Gasteiger partial charge on any atom is 0.243 e. The van der Waals surface area contributed by atoms with Crippen molar-refractivity contribution in [3.8, 4) is 0 Å². The predicted octanol–water partition coefficient (Wildman–Crippen LogP) is 2.22. The Morgan fingerprint density at radius 3 is 2.23 bits per heavy atom. The molecule has 4 aliphatic rings. The monoisotopic (exact) mass is 323 g/mol. The normalized spacial score (nSPS) is 36.9. The highest BCUT2D eigenvalue weighted by atomic mass is 32.2. The highest BCUT2D eigenvalue weighted by molar-refractivity contribution is 7.89. The first-order chi connectivity index (χ1) is 10.4. The highest BCUT2D eigenvalue weighted by Crippen LogP contribution is 2.59. The van der Waals surface area contributed by atoms with Crippen LogP contribution in [0.2, 0.25) is 0 Å². The van der Waals surface area contributed by atoms with Gasteiger partial charge in [-0.25, -0.2) is 13.1 Å². The topological polar surface area (TPSA) is 64.0 Å². The first kappa shape index (κ1) is 14.7. The van der Waals surface area contributed by atoms with E-state index >= 15 is 0 Å². The van der Waals surface area contributed by atoms with Gasteiger partial charge >= 0.3 is 0 Å². The Bertz CT molecular complexity index is 657. The van der Waals surface area contributed by atoms with Crippen LogP contribution in [0.5, 0.6) is 0 Å². The molecule has 0 amide bonds. The van der Waals surface area contributed by atoms with Gasteiger partial charge in [0.1, 0.15) is 4.90 Å². The minimum Gasteiger partial charge on any atom is -0.274 e. The van der Waals surface area contributed by atoms with Crippen LogP contribution in [0.25, 0.3) is 0 Å². The number of aromatic nitrogens is 2. The lowest BCUT2D eigenvalue weighted by atomic mass is 9.50. The lowest BCUT2D eigenvalue weighted by Gasteiger charge is -2.56. The van der Waals surface area contributed by atoms with Crippen LogP contribution in [0.15, 0.2) is 11.1 Å². The molecule has 4 aliphatic carbocycles. The number of hydrogen-bond acceptors (Lipinski definition) is 3. The summed E-state index contributed by atoms with van der Waals surface area (Å²) in [6.45, 7) is 2.35. The maximum atomic E-state index is 12.6. The van der Waals surface area contributed by atoms with E-state index in [0.29, 0.717) is 17.1 Å². The maximum absolute atomic E-state index is 12.6. The zero-order chi connectivity index (χ0) is 15.5. The van der Waals surface area contributed by atoms with Gasteiger partial charge in [0, 0.05) is 19.8 Å². The summed E-state index contributed by atoms with van der Waals surface area (Å²) in [6, 6.07) is 0. The second-order valence-corrected chi connectivity index (χ2v) is 9.73. The van der Waals surface area contributed by atoms with E-state index in [1.165, 1.54) is 38.5 Å². The van der Waals surface area contributed by atoms with Crippen molar-refractivity contribution in [2.45, 2.75) is 50.3 Å². The van der Waals surface area contributed by atoms with Crippen LogP contribution in [0.1, 0.15) is 44.2 Å². The summed E-state index contributed by atoms with van der Waals surface area (Å²) in [6.07, 6.45) is 9.39. The predicted molar refractivity (Wildman–Crippen MR) is 83.7 cm³/mol. The molecule has 4 saturated carbocycles. The summed E-state index contributed by atoms with van der Waals surface area (Å²) < 4.78 is 29.7. The van der Waals surface area contributed by atoms with Crippen molar-refractivity contribution >= 4 is 10.0 Å². The Morgan fingerprint density at radius 1 is 1.23 bits per heavy atom. The molecule has 0 atom stereocenters. The molecule has 0 saturated heterocycles. The number of sulfonamides is 1. The number of nitrogens with zero attached hydrogens (tertiary/aromatic N) is 2. The van der Waals surface area contributed by atoms with Gasteiger partial charge in [-0.1, -0.05) is 0 Å². The molecule has 1 N–H and O–H groups in total. The molecule has 0 radical (unpaired) electrons. The first-order valence-corrected chi connectivity index (χ1v) is 9.83. The van der Waals surface area contributed by atoms with Crippen LogP contribution in [0.4, 0.5) is 0 Å². The van der Waals surface area contributed by atoms with E-state index in [1.54, 1.807) is 24.9 Å². The zero-order valence-corrected chi connectivity index (χ0v) is 14.2. The molecule has 6 heteroatoms. The van der Waals surface area contributed by atoms with E-state index in [1.807, 2.05) is 0 Å². The Balaban J connectivity index is 1.52. The van der Waals surface area contributed by atoms with Crippen molar-refractivity contribution in [3.63, 3.8) is 0 Å². The van der Waals surface area contributed by atoms with Crippen LogP contribution in [0.3, 0.4) is 0 Å². The fraction of sp³-hybridized carbons (Fsp3) is 0.812. The number of rotatable bonds is 4. The van der Waals surface area contributed by atoms with Crippen LogP contribution >= 0.6 is 0 Å². The van der Waals surface area contributed by atoms with Gasteiger partial charge in [-0.2, -0.15) is 5.10 Å². The van der Waals surface area contributed by atoms with Gasteiger partial charge in [0.15, 0.2) is 0 Å². The molecule has 4 fully saturated rings. The molecule has 0 aliphatic heterocycles. The van der Waals surface area contributed by atoms with Crippen molar-refractivity contribution in [1.82, 2.24) is 14.5 Å². The summed E-state index contributed by atoms with van der Waals surface area (Å²) in [5.74, 6) is 2.53. The molecule has 1 heterocycles. The third-order valence-corrected chi connectivity index (χ3v) is 7.56. The average Bonchev–Trinajstić information content (AvgIpc) is 2.75. The number of hydrogen-bond donors (Lipinski definition) is 1. The van der Waals surface area contributed by atoms with Crippen LogP contribution in [0, 0.1) is 30.1 Å². The summed E-state index contributed by atoms with van der Waals surface area (Å²) in [7, 11) is -1.69. The van der Waals surface area contributed by atoms with Crippen LogP contribution < -0.4 is 4.72 Å². The summed E-state index contributed by atoms with van der Waals surface area (Å²) in [5, 5.41) is 4.15.